The Morgan fingerprint density at radius 2 is 1.02 bits per heavy atom. The van der Waals surface area contributed by atoms with Crippen LogP contribution in [0.15, 0.2) is 182 Å². The maximum atomic E-state index is 3.86. The second kappa shape index (κ2) is 11.2. The van der Waals surface area contributed by atoms with E-state index >= 15 is 0 Å². The average Bonchev–Trinajstić information content (AvgIpc) is 3.60. The summed E-state index contributed by atoms with van der Waals surface area (Å²) in [5, 5.41) is 6.47. The van der Waals surface area contributed by atoms with Gasteiger partial charge in [-0.25, -0.2) is 0 Å². The van der Waals surface area contributed by atoms with Gasteiger partial charge in [0.2, 0.25) is 0 Å². The molecule has 0 unspecified atom stereocenters. The molecule has 0 heterocycles. The molecule has 2 aliphatic carbocycles. The Labute approximate surface area is 299 Å². The monoisotopic (exact) mass is 651 g/mol. The predicted molar refractivity (Wildman–Crippen MR) is 214 cm³/mol. The zero-order valence-electron chi connectivity index (χ0n) is 28.8. The quantitative estimate of drug-likeness (QED) is 0.195. The first-order valence-corrected chi connectivity index (χ1v) is 17.9. The highest BCUT2D eigenvalue weighted by molar-refractivity contribution is 6.04. The van der Waals surface area contributed by atoms with Gasteiger partial charge in [-0.3, -0.25) is 0 Å². The van der Waals surface area contributed by atoms with E-state index in [1.807, 2.05) is 0 Å². The number of hydrogen-bond donors (Lipinski definition) is 1. The number of rotatable bonds is 5. The van der Waals surface area contributed by atoms with E-state index in [1.165, 1.54) is 77.5 Å². The Morgan fingerprint density at radius 1 is 0.412 bits per heavy atom. The second-order valence-electron chi connectivity index (χ2n) is 14.6. The molecule has 1 N–H and O–H groups in total. The Balaban J connectivity index is 1.25. The lowest BCUT2D eigenvalue weighted by Crippen LogP contribution is -2.28. The Hall–Kier alpha value is -6.18. The van der Waals surface area contributed by atoms with Crippen LogP contribution in [0.25, 0.3) is 44.2 Å². The molecule has 0 saturated carbocycles. The molecule has 1 heteroatoms. The Morgan fingerprint density at radius 3 is 1.76 bits per heavy atom. The maximum absolute atomic E-state index is 3.86. The first-order chi connectivity index (χ1) is 25.0. The topological polar surface area (TPSA) is 12.0 Å². The minimum Gasteiger partial charge on any atom is -0.355 e. The van der Waals surface area contributed by atoms with Crippen LogP contribution in [0, 0.1) is 0 Å². The molecule has 1 nitrogen and oxygen atoms in total. The minimum absolute atomic E-state index is 0.128. The van der Waals surface area contributed by atoms with Gasteiger partial charge in [0.05, 0.1) is 5.41 Å². The molecule has 10 rings (SSSR count). The summed E-state index contributed by atoms with van der Waals surface area (Å²) in [6.45, 7) is 4.79. The molecule has 51 heavy (non-hydrogen) atoms. The second-order valence-corrected chi connectivity index (χ2v) is 14.6. The van der Waals surface area contributed by atoms with Crippen LogP contribution in [0.2, 0.25) is 0 Å². The number of para-hydroxylation sites is 1. The lowest BCUT2D eigenvalue weighted by atomic mass is 9.67. The van der Waals surface area contributed by atoms with E-state index in [1.54, 1.807) is 0 Å². The van der Waals surface area contributed by atoms with Crippen molar-refractivity contribution < 1.29 is 0 Å². The van der Waals surface area contributed by atoms with Gasteiger partial charge < -0.3 is 5.32 Å². The SMILES string of the molecule is CC1(C)c2cc3c(cc2-c2c1ccc1ccccc21)C(c1ccccc1)(c1ccccc1)c1cc(Nc2ccccc2-c2ccccc2)ccc1-3. The summed E-state index contributed by atoms with van der Waals surface area (Å²) in [6, 6.07) is 67.2. The van der Waals surface area contributed by atoms with Crippen LogP contribution in [0.1, 0.15) is 47.2 Å². The fourth-order valence-electron chi connectivity index (χ4n) is 9.18. The number of fused-ring (bicyclic) bond motifs is 8. The summed E-state index contributed by atoms with van der Waals surface area (Å²) in [7, 11) is 0. The average molecular weight is 652 g/mol. The van der Waals surface area contributed by atoms with Gasteiger partial charge in [-0.15, -0.1) is 0 Å². The van der Waals surface area contributed by atoms with Gasteiger partial charge in [-0.05, 0) is 102 Å². The van der Waals surface area contributed by atoms with Gasteiger partial charge in [-0.2, -0.15) is 0 Å². The highest BCUT2D eigenvalue weighted by Crippen LogP contribution is 2.61. The smallest absolute Gasteiger partial charge is 0.0714 e. The van der Waals surface area contributed by atoms with Crippen molar-refractivity contribution >= 4 is 22.1 Å². The number of benzene rings is 8. The first-order valence-electron chi connectivity index (χ1n) is 17.9. The van der Waals surface area contributed by atoms with Crippen LogP contribution >= 0.6 is 0 Å². The number of anilines is 2. The van der Waals surface area contributed by atoms with E-state index in [-0.39, 0.29) is 5.41 Å². The van der Waals surface area contributed by atoms with Crippen molar-refractivity contribution in [3.8, 4) is 33.4 Å². The third kappa shape index (κ3) is 4.28. The predicted octanol–water partition coefficient (Wildman–Crippen LogP) is 12.9. The van der Waals surface area contributed by atoms with Crippen molar-refractivity contribution in [1.29, 1.82) is 0 Å². The molecule has 0 atom stereocenters. The summed E-state index contributed by atoms with van der Waals surface area (Å²) in [5.41, 5.74) is 17.2. The molecule has 0 amide bonds. The highest BCUT2D eigenvalue weighted by Gasteiger charge is 2.48. The van der Waals surface area contributed by atoms with Crippen molar-refractivity contribution in [2.24, 2.45) is 0 Å². The van der Waals surface area contributed by atoms with E-state index in [4.69, 9.17) is 0 Å². The van der Waals surface area contributed by atoms with E-state index < -0.39 is 5.41 Å². The summed E-state index contributed by atoms with van der Waals surface area (Å²) in [5.74, 6) is 0. The van der Waals surface area contributed by atoms with Gasteiger partial charge in [0.1, 0.15) is 0 Å². The van der Waals surface area contributed by atoms with E-state index in [9.17, 15) is 0 Å². The maximum Gasteiger partial charge on any atom is 0.0714 e. The zero-order chi connectivity index (χ0) is 34.2. The normalized spacial score (nSPS) is 14.4. The van der Waals surface area contributed by atoms with Crippen molar-refractivity contribution in [3.05, 3.63) is 215 Å². The largest absolute Gasteiger partial charge is 0.355 e. The van der Waals surface area contributed by atoms with Gasteiger partial charge in [0.25, 0.3) is 0 Å². The summed E-state index contributed by atoms with van der Waals surface area (Å²) in [4.78, 5) is 0. The summed E-state index contributed by atoms with van der Waals surface area (Å²) in [6.07, 6.45) is 0. The van der Waals surface area contributed by atoms with Gasteiger partial charge >= 0.3 is 0 Å². The molecule has 0 saturated heterocycles. The third-order valence-corrected chi connectivity index (χ3v) is 11.5. The molecule has 8 aromatic rings. The number of hydrogen-bond acceptors (Lipinski definition) is 1. The molecule has 0 radical (unpaired) electrons. The molecule has 0 bridgehead atoms. The highest BCUT2D eigenvalue weighted by atomic mass is 14.9. The standard InChI is InChI=1S/C50H37N/c1-49(2)43-29-26-34-18-12-13-24-39(34)48(43)42-32-46-41(31-44(42)49)40-28-27-37(51-47-25-15-14-23-38(47)33-16-6-3-7-17-33)30-45(40)50(46,35-19-8-4-9-20-35)36-21-10-5-11-22-36/h3-32,51H,1-2H3. The first kappa shape index (κ1) is 29.7. The lowest BCUT2D eigenvalue weighted by Gasteiger charge is -2.34. The van der Waals surface area contributed by atoms with E-state index in [0.29, 0.717) is 0 Å². The Bertz CT molecular complexity index is 2580. The molecule has 0 spiro atoms. The van der Waals surface area contributed by atoms with Crippen LogP contribution < -0.4 is 5.32 Å². The third-order valence-electron chi connectivity index (χ3n) is 11.5. The van der Waals surface area contributed by atoms with Crippen LogP contribution in [-0.2, 0) is 10.8 Å². The van der Waals surface area contributed by atoms with E-state index in [2.05, 4.69) is 201 Å². The fraction of sp³-hybridized carbons (Fsp3) is 0.0800. The zero-order valence-corrected chi connectivity index (χ0v) is 28.8. The van der Waals surface area contributed by atoms with Gasteiger partial charge in [0.15, 0.2) is 0 Å². The molecule has 242 valence electrons. The molecular weight excluding hydrogens is 615 g/mol. The lowest BCUT2D eigenvalue weighted by molar-refractivity contribution is 0.660. The molecule has 8 aromatic carbocycles. The molecule has 0 fully saturated rings. The summed E-state index contributed by atoms with van der Waals surface area (Å²) >= 11 is 0. The Kier molecular flexibility index (Phi) is 6.51. The van der Waals surface area contributed by atoms with E-state index in [0.717, 1.165) is 11.4 Å². The van der Waals surface area contributed by atoms with Crippen LogP contribution in [0.5, 0.6) is 0 Å². The molecule has 0 aliphatic heterocycles. The number of nitrogens with one attached hydrogen (secondary N) is 1. The molecule has 0 aromatic heterocycles. The molecular formula is C50H37N. The van der Waals surface area contributed by atoms with Crippen LogP contribution in [0.3, 0.4) is 0 Å². The molecule has 2 aliphatic rings. The minimum atomic E-state index is -0.518. The van der Waals surface area contributed by atoms with Crippen molar-refractivity contribution in [2.75, 3.05) is 5.32 Å². The van der Waals surface area contributed by atoms with Gasteiger partial charge in [0, 0.05) is 22.4 Å². The van der Waals surface area contributed by atoms with Gasteiger partial charge in [-0.1, -0.05) is 166 Å². The van der Waals surface area contributed by atoms with Crippen LogP contribution in [-0.4, -0.2) is 0 Å². The van der Waals surface area contributed by atoms with Crippen molar-refractivity contribution in [2.45, 2.75) is 24.7 Å². The van der Waals surface area contributed by atoms with Crippen LogP contribution in [0.4, 0.5) is 11.4 Å². The van der Waals surface area contributed by atoms with Crippen molar-refractivity contribution in [1.82, 2.24) is 0 Å². The fourth-order valence-corrected chi connectivity index (χ4v) is 9.18. The van der Waals surface area contributed by atoms with Crippen molar-refractivity contribution in [3.63, 3.8) is 0 Å². The summed E-state index contributed by atoms with van der Waals surface area (Å²) < 4.78 is 0.